The summed E-state index contributed by atoms with van der Waals surface area (Å²) in [4.78, 5) is 19.6. The number of carbonyl (C=O) groups is 1. The largest absolute Gasteiger partial charge is 0.417 e. The van der Waals surface area contributed by atoms with Crippen molar-refractivity contribution in [2.45, 2.75) is 52.6 Å². The average Bonchev–Trinajstić information content (AvgIpc) is 3.12. The molecule has 0 radical (unpaired) electrons. The summed E-state index contributed by atoms with van der Waals surface area (Å²) in [6, 6.07) is 4.37. The molecule has 3 heterocycles. The van der Waals surface area contributed by atoms with Crippen LogP contribution >= 0.6 is 23.2 Å². The molecule has 4 nitrogen and oxygen atoms in total. The maximum Gasteiger partial charge on any atom is 0.417 e. The molecule has 182 valence electrons. The Hall–Kier alpha value is -2.25. The number of alkyl halides is 3. The zero-order valence-corrected chi connectivity index (χ0v) is 20.8. The number of amides is 1. The van der Waals surface area contributed by atoms with Crippen LogP contribution in [0.4, 0.5) is 13.2 Å². The second kappa shape index (κ2) is 9.42. The van der Waals surface area contributed by atoms with Gasteiger partial charge in [0.1, 0.15) is 5.65 Å². The number of fused-ring (bicyclic) bond motifs is 1. The first-order chi connectivity index (χ1) is 16.0. The SMILES string of the molecule is CCC1CCN(C(=O)c2ccc(Cl)c(Cc3nc4c(C)cc(C(F)(F)F)cn4c3C)c2Cl)CC1. The van der Waals surface area contributed by atoms with E-state index in [4.69, 9.17) is 23.2 Å². The van der Waals surface area contributed by atoms with Crippen LogP contribution in [0.1, 0.15) is 64.6 Å². The highest BCUT2D eigenvalue weighted by molar-refractivity contribution is 6.38. The van der Waals surface area contributed by atoms with Gasteiger partial charge in [0.2, 0.25) is 0 Å². The molecule has 1 aliphatic heterocycles. The fourth-order valence-electron chi connectivity index (χ4n) is 4.60. The van der Waals surface area contributed by atoms with Crippen LogP contribution in [0.25, 0.3) is 5.65 Å². The molecule has 0 bridgehead atoms. The molecule has 0 saturated carbocycles. The standard InChI is InChI=1S/C25H26Cl2F3N3O/c1-4-16-7-9-32(10-8-16)24(34)18-5-6-20(26)19(22(18)27)12-21-15(3)33-13-17(25(28,29)30)11-14(2)23(33)31-21/h5-6,11,13,16H,4,7-10,12H2,1-3H3. The van der Waals surface area contributed by atoms with Crippen LogP contribution in [0, 0.1) is 19.8 Å². The number of aromatic nitrogens is 2. The monoisotopic (exact) mass is 511 g/mol. The van der Waals surface area contributed by atoms with Gasteiger partial charge in [0.25, 0.3) is 5.91 Å². The lowest BCUT2D eigenvalue weighted by atomic mass is 9.94. The van der Waals surface area contributed by atoms with Gasteiger partial charge in [-0.05, 0) is 61.9 Å². The Kier molecular flexibility index (Phi) is 6.89. The van der Waals surface area contributed by atoms with Crippen LogP contribution in [-0.2, 0) is 12.6 Å². The van der Waals surface area contributed by atoms with Gasteiger partial charge in [-0.3, -0.25) is 4.79 Å². The number of benzene rings is 1. The Morgan fingerprint density at radius 3 is 2.47 bits per heavy atom. The predicted octanol–water partition coefficient (Wildman–Crippen LogP) is 7.13. The van der Waals surface area contributed by atoms with Crippen molar-refractivity contribution < 1.29 is 18.0 Å². The topological polar surface area (TPSA) is 37.6 Å². The van der Waals surface area contributed by atoms with E-state index in [1.54, 1.807) is 26.0 Å². The molecule has 1 aliphatic rings. The van der Waals surface area contributed by atoms with Gasteiger partial charge in [-0.15, -0.1) is 0 Å². The van der Waals surface area contributed by atoms with Gasteiger partial charge >= 0.3 is 6.18 Å². The van der Waals surface area contributed by atoms with Crippen LogP contribution in [0.5, 0.6) is 0 Å². The zero-order valence-electron chi connectivity index (χ0n) is 19.3. The second-order valence-electron chi connectivity index (χ2n) is 8.96. The maximum absolute atomic E-state index is 13.3. The first-order valence-electron chi connectivity index (χ1n) is 11.3. The summed E-state index contributed by atoms with van der Waals surface area (Å²) >= 11 is 13.1. The van der Waals surface area contributed by atoms with Crippen molar-refractivity contribution in [2.24, 2.45) is 5.92 Å². The molecule has 4 rings (SSSR count). The Balaban J connectivity index is 1.68. The van der Waals surface area contributed by atoms with Crippen molar-refractivity contribution >= 4 is 34.8 Å². The highest BCUT2D eigenvalue weighted by Gasteiger charge is 2.32. The van der Waals surface area contributed by atoms with Crippen LogP contribution < -0.4 is 0 Å². The van der Waals surface area contributed by atoms with Crippen molar-refractivity contribution in [1.29, 1.82) is 0 Å². The molecule has 1 aromatic carbocycles. The maximum atomic E-state index is 13.3. The molecule has 34 heavy (non-hydrogen) atoms. The number of pyridine rings is 1. The van der Waals surface area contributed by atoms with Gasteiger partial charge in [0.15, 0.2) is 0 Å². The van der Waals surface area contributed by atoms with Gasteiger partial charge in [-0.25, -0.2) is 4.98 Å². The van der Waals surface area contributed by atoms with Crippen LogP contribution in [0.3, 0.4) is 0 Å². The molecular formula is C25H26Cl2F3N3O. The summed E-state index contributed by atoms with van der Waals surface area (Å²) in [6.07, 6.45) is -0.152. The number of hydrogen-bond donors (Lipinski definition) is 0. The van der Waals surface area contributed by atoms with Gasteiger partial charge in [0.05, 0.1) is 21.8 Å². The van der Waals surface area contributed by atoms with Gasteiger partial charge < -0.3 is 9.30 Å². The Morgan fingerprint density at radius 2 is 1.85 bits per heavy atom. The predicted molar refractivity (Wildman–Crippen MR) is 128 cm³/mol. The van der Waals surface area contributed by atoms with Crippen molar-refractivity contribution in [3.8, 4) is 0 Å². The lowest BCUT2D eigenvalue weighted by Crippen LogP contribution is -2.38. The number of aryl methyl sites for hydroxylation is 2. The van der Waals surface area contributed by atoms with Gasteiger partial charge in [-0.2, -0.15) is 13.2 Å². The van der Waals surface area contributed by atoms with Crippen LogP contribution in [0.15, 0.2) is 24.4 Å². The van der Waals surface area contributed by atoms with Crippen molar-refractivity contribution in [2.75, 3.05) is 13.1 Å². The summed E-state index contributed by atoms with van der Waals surface area (Å²) in [6.45, 7) is 6.86. The summed E-state index contributed by atoms with van der Waals surface area (Å²) < 4.78 is 41.3. The fraction of sp³-hybridized carbons (Fsp3) is 0.440. The molecule has 3 aromatic rings. The number of likely N-dealkylation sites (tertiary alicyclic amines) is 1. The Labute approximate surface area is 206 Å². The number of imidazole rings is 1. The molecule has 2 aromatic heterocycles. The van der Waals surface area contributed by atoms with Crippen molar-refractivity contribution in [1.82, 2.24) is 14.3 Å². The average molecular weight is 512 g/mol. The third kappa shape index (κ3) is 4.65. The molecule has 1 amide bonds. The van der Waals surface area contributed by atoms with Gasteiger partial charge in [-0.1, -0.05) is 36.5 Å². The van der Waals surface area contributed by atoms with E-state index in [9.17, 15) is 18.0 Å². The van der Waals surface area contributed by atoms with E-state index >= 15 is 0 Å². The number of carbonyl (C=O) groups excluding carboxylic acids is 1. The Morgan fingerprint density at radius 1 is 1.18 bits per heavy atom. The van der Waals surface area contributed by atoms with E-state index in [-0.39, 0.29) is 17.4 Å². The first-order valence-corrected chi connectivity index (χ1v) is 12.1. The number of piperidine rings is 1. The summed E-state index contributed by atoms with van der Waals surface area (Å²) in [5.41, 5.74) is 2.17. The lowest BCUT2D eigenvalue weighted by Gasteiger charge is -2.32. The number of nitrogens with zero attached hydrogens (tertiary/aromatic N) is 3. The quantitative estimate of drug-likeness (QED) is 0.373. The minimum absolute atomic E-state index is 0.130. The molecule has 0 N–H and O–H groups in total. The van der Waals surface area contributed by atoms with E-state index in [1.807, 2.05) is 4.90 Å². The normalized spacial score (nSPS) is 15.4. The highest BCUT2D eigenvalue weighted by atomic mass is 35.5. The minimum atomic E-state index is -4.46. The van der Waals surface area contributed by atoms with Crippen LogP contribution in [0.2, 0.25) is 10.0 Å². The molecule has 1 saturated heterocycles. The molecular weight excluding hydrogens is 486 g/mol. The number of hydrogen-bond acceptors (Lipinski definition) is 2. The Bertz CT molecular complexity index is 1240. The summed E-state index contributed by atoms with van der Waals surface area (Å²) in [7, 11) is 0. The van der Waals surface area contributed by atoms with Crippen molar-refractivity contribution in [3.63, 3.8) is 0 Å². The van der Waals surface area contributed by atoms with E-state index in [2.05, 4.69) is 11.9 Å². The first kappa shape index (κ1) is 24.9. The molecule has 0 aliphatic carbocycles. The lowest BCUT2D eigenvalue weighted by molar-refractivity contribution is -0.137. The van der Waals surface area contributed by atoms with Crippen molar-refractivity contribution in [3.05, 3.63) is 68.1 Å². The third-order valence-corrected chi connectivity index (χ3v) is 7.59. The molecule has 0 spiro atoms. The molecule has 1 fully saturated rings. The smallest absolute Gasteiger partial charge is 0.339 e. The van der Waals surface area contributed by atoms with E-state index in [1.165, 1.54) is 4.40 Å². The van der Waals surface area contributed by atoms with E-state index < -0.39 is 11.7 Å². The number of halogens is 5. The molecule has 9 heteroatoms. The third-order valence-electron chi connectivity index (χ3n) is 6.81. The zero-order chi connectivity index (χ0) is 24.8. The highest BCUT2D eigenvalue weighted by Crippen LogP contribution is 2.34. The molecule has 0 unspecified atom stereocenters. The number of rotatable bonds is 4. The minimum Gasteiger partial charge on any atom is -0.339 e. The van der Waals surface area contributed by atoms with E-state index in [0.29, 0.717) is 57.8 Å². The molecule has 0 atom stereocenters. The second-order valence-corrected chi connectivity index (χ2v) is 9.74. The fourth-order valence-corrected chi connectivity index (χ4v) is 5.19. The van der Waals surface area contributed by atoms with E-state index in [0.717, 1.165) is 31.5 Å². The van der Waals surface area contributed by atoms with Crippen LogP contribution in [-0.4, -0.2) is 33.3 Å². The van der Waals surface area contributed by atoms with Gasteiger partial charge in [0, 0.05) is 36.4 Å². The summed E-state index contributed by atoms with van der Waals surface area (Å²) in [5, 5.41) is 0.648. The summed E-state index contributed by atoms with van der Waals surface area (Å²) in [5.74, 6) is 0.509.